The molecule has 1 saturated carbocycles. The Morgan fingerprint density at radius 3 is 2.48 bits per heavy atom. The van der Waals surface area contributed by atoms with Gasteiger partial charge in [0.25, 0.3) is 5.91 Å². The molecule has 3 atom stereocenters. The van der Waals surface area contributed by atoms with Crippen LogP contribution in [0.25, 0.3) is 0 Å². The van der Waals surface area contributed by atoms with Gasteiger partial charge in [-0.3, -0.25) is 9.59 Å². The van der Waals surface area contributed by atoms with Gasteiger partial charge in [-0.2, -0.15) is 0 Å². The number of hydrogen-bond acceptors (Lipinski definition) is 4. The lowest BCUT2D eigenvalue weighted by Gasteiger charge is -2.21. The molecule has 130 valence electrons. The Labute approximate surface area is 135 Å². The number of halogens is 1. The topological polar surface area (TPSA) is 83.6 Å². The Morgan fingerprint density at radius 2 is 1.96 bits per heavy atom. The van der Waals surface area contributed by atoms with E-state index in [0.29, 0.717) is 19.5 Å². The number of rotatable bonds is 3. The molecule has 3 fully saturated rings. The first-order valence-electron chi connectivity index (χ1n) is 8.02. The van der Waals surface area contributed by atoms with Gasteiger partial charge in [0.15, 0.2) is 9.84 Å². The van der Waals surface area contributed by atoms with Crippen molar-refractivity contribution in [2.24, 2.45) is 11.3 Å². The Morgan fingerprint density at radius 1 is 1.30 bits per heavy atom. The third kappa shape index (κ3) is 3.22. The highest BCUT2D eigenvalue weighted by atomic mass is 32.2. The van der Waals surface area contributed by atoms with Crippen LogP contribution in [0.5, 0.6) is 0 Å². The zero-order valence-electron chi connectivity index (χ0n) is 13.5. The van der Waals surface area contributed by atoms with E-state index in [1.54, 1.807) is 4.90 Å². The molecule has 8 heteroatoms. The number of carbonyl (C=O) groups excluding carboxylic acids is 2. The monoisotopic (exact) mass is 346 g/mol. The number of sulfone groups is 1. The highest BCUT2D eigenvalue weighted by Crippen LogP contribution is 2.52. The first-order chi connectivity index (χ1) is 10.5. The second-order valence-electron chi connectivity index (χ2n) is 7.80. The molecule has 0 bridgehead atoms. The summed E-state index contributed by atoms with van der Waals surface area (Å²) >= 11 is 0. The summed E-state index contributed by atoms with van der Waals surface area (Å²) in [5.41, 5.74) is -2.27. The van der Waals surface area contributed by atoms with Crippen LogP contribution >= 0.6 is 0 Å². The van der Waals surface area contributed by atoms with Gasteiger partial charge in [0.05, 0.1) is 11.5 Å². The lowest BCUT2D eigenvalue weighted by Crippen LogP contribution is -2.49. The zero-order chi connectivity index (χ0) is 17.0. The highest BCUT2D eigenvalue weighted by molar-refractivity contribution is 7.91. The summed E-state index contributed by atoms with van der Waals surface area (Å²) in [7, 11) is -3.47. The van der Waals surface area contributed by atoms with E-state index in [2.05, 4.69) is 19.2 Å². The summed E-state index contributed by atoms with van der Waals surface area (Å²) in [6.07, 6.45) is 1.17. The predicted octanol–water partition coefficient (Wildman–Crippen LogP) is 0.276. The molecule has 2 amide bonds. The molecule has 1 aliphatic carbocycles. The molecule has 2 aliphatic heterocycles. The summed E-state index contributed by atoms with van der Waals surface area (Å²) < 4.78 is 37.3. The number of nitrogens with zero attached hydrogens (tertiary/aromatic N) is 1. The predicted molar refractivity (Wildman–Crippen MR) is 82.1 cm³/mol. The number of nitrogens with one attached hydrogen (secondary N) is 1. The van der Waals surface area contributed by atoms with Gasteiger partial charge >= 0.3 is 0 Å². The molecule has 0 spiro atoms. The Kier molecular flexibility index (Phi) is 3.74. The number of hydrogen-bond donors (Lipinski definition) is 1. The third-order valence-corrected chi connectivity index (χ3v) is 7.04. The van der Waals surface area contributed by atoms with E-state index in [0.717, 1.165) is 6.42 Å². The number of carbonyl (C=O) groups is 2. The standard InChI is InChI=1S/C15H23FN2O4S/c1-14(2)7-11(14)12(19)18-5-3-10(8-18)17-13(20)15(16)4-6-23(21,22)9-15/h10-11H,3-9H2,1-2H3,(H,17,20)/t10-,11?,15?/m1/s1. The van der Waals surface area contributed by atoms with Crippen LogP contribution in [0.1, 0.15) is 33.1 Å². The van der Waals surface area contributed by atoms with Gasteiger partial charge in [-0.15, -0.1) is 0 Å². The normalized spacial score (nSPS) is 37.6. The van der Waals surface area contributed by atoms with Crippen LogP contribution in [0.2, 0.25) is 0 Å². The van der Waals surface area contributed by atoms with Gasteiger partial charge in [-0.05, 0) is 18.3 Å². The largest absolute Gasteiger partial charge is 0.349 e. The summed E-state index contributed by atoms with van der Waals surface area (Å²) in [6.45, 7) is 5.03. The Hall–Kier alpha value is -1.18. The van der Waals surface area contributed by atoms with Crippen molar-refractivity contribution in [1.29, 1.82) is 0 Å². The Bertz CT molecular complexity index is 648. The average molecular weight is 346 g/mol. The lowest BCUT2D eigenvalue weighted by molar-refractivity contribution is -0.134. The van der Waals surface area contributed by atoms with Crippen LogP contribution in [0.4, 0.5) is 4.39 Å². The van der Waals surface area contributed by atoms with Crippen LogP contribution in [0, 0.1) is 11.3 Å². The minimum Gasteiger partial charge on any atom is -0.349 e. The van der Waals surface area contributed by atoms with Gasteiger partial charge in [-0.1, -0.05) is 13.8 Å². The highest BCUT2D eigenvalue weighted by Gasteiger charge is 2.53. The number of alkyl halides is 1. The van der Waals surface area contributed by atoms with E-state index in [9.17, 15) is 22.4 Å². The molecule has 6 nitrogen and oxygen atoms in total. The number of amides is 2. The minimum absolute atomic E-state index is 0.0458. The van der Waals surface area contributed by atoms with E-state index in [1.165, 1.54) is 0 Å². The summed E-state index contributed by atoms with van der Waals surface area (Å²) in [6, 6.07) is -0.302. The Balaban J connectivity index is 1.54. The van der Waals surface area contributed by atoms with Crippen LogP contribution in [0.15, 0.2) is 0 Å². The second kappa shape index (κ2) is 5.16. The van der Waals surface area contributed by atoms with Crippen molar-refractivity contribution >= 4 is 21.7 Å². The molecule has 0 aromatic rings. The van der Waals surface area contributed by atoms with Gasteiger partial charge in [0.1, 0.15) is 0 Å². The summed E-state index contributed by atoms with van der Waals surface area (Å²) in [5, 5.41) is 2.59. The van der Waals surface area contributed by atoms with Crippen molar-refractivity contribution in [3.63, 3.8) is 0 Å². The molecule has 1 N–H and O–H groups in total. The van der Waals surface area contributed by atoms with Crippen molar-refractivity contribution in [1.82, 2.24) is 10.2 Å². The quantitative estimate of drug-likeness (QED) is 0.795. The van der Waals surface area contributed by atoms with Crippen LogP contribution in [-0.4, -0.2) is 61.4 Å². The zero-order valence-corrected chi connectivity index (χ0v) is 14.3. The van der Waals surface area contributed by atoms with Crippen molar-refractivity contribution in [3.8, 4) is 0 Å². The van der Waals surface area contributed by atoms with E-state index in [-0.39, 0.29) is 35.5 Å². The average Bonchev–Trinajstić information content (AvgIpc) is 2.78. The van der Waals surface area contributed by atoms with Crippen LogP contribution in [0.3, 0.4) is 0 Å². The molecular weight excluding hydrogens is 323 g/mol. The van der Waals surface area contributed by atoms with E-state index >= 15 is 0 Å². The van der Waals surface area contributed by atoms with Gasteiger partial charge in [0, 0.05) is 31.5 Å². The molecule has 2 saturated heterocycles. The molecule has 0 aromatic heterocycles. The second-order valence-corrected chi connectivity index (χ2v) is 9.98. The van der Waals surface area contributed by atoms with Crippen LogP contribution in [-0.2, 0) is 19.4 Å². The van der Waals surface area contributed by atoms with Crippen molar-refractivity contribution in [3.05, 3.63) is 0 Å². The number of likely N-dealkylation sites (tertiary alicyclic amines) is 1. The molecule has 2 unspecified atom stereocenters. The first kappa shape index (κ1) is 16.7. The fourth-order valence-corrected chi connectivity index (χ4v) is 5.24. The molecule has 2 heterocycles. The van der Waals surface area contributed by atoms with Crippen molar-refractivity contribution in [2.75, 3.05) is 24.6 Å². The fourth-order valence-electron chi connectivity index (χ4n) is 3.49. The molecule has 23 heavy (non-hydrogen) atoms. The fraction of sp³-hybridized carbons (Fsp3) is 0.867. The SMILES string of the molecule is CC1(C)CC1C(=O)N1CC[C@@H](NC(=O)C2(F)CCS(=O)(=O)C2)C1. The first-order valence-corrected chi connectivity index (χ1v) is 9.84. The molecule has 0 aromatic carbocycles. The minimum atomic E-state index is -3.47. The summed E-state index contributed by atoms with van der Waals surface area (Å²) in [5.74, 6) is -1.74. The molecular formula is C15H23FN2O4S. The maximum absolute atomic E-state index is 14.5. The smallest absolute Gasteiger partial charge is 0.259 e. The van der Waals surface area contributed by atoms with Gasteiger partial charge in [0.2, 0.25) is 11.6 Å². The molecule has 3 aliphatic rings. The van der Waals surface area contributed by atoms with Gasteiger partial charge in [-0.25, -0.2) is 12.8 Å². The maximum Gasteiger partial charge on any atom is 0.259 e. The molecule has 3 rings (SSSR count). The van der Waals surface area contributed by atoms with Crippen molar-refractivity contribution in [2.45, 2.75) is 44.8 Å². The van der Waals surface area contributed by atoms with E-state index in [4.69, 9.17) is 0 Å². The molecule has 0 radical (unpaired) electrons. The van der Waals surface area contributed by atoms with Gasteiger partial charge < -0.3 is 10.2 Å². The van der Waals surface area contributed by atoms with E-state index in [1.807, 2.05) is 0 Å². The third-order valence-electron chi connectivity index (χ3n) is 5.31. The maximum atomic E-state index is 14.5. The summed E-state index contributed by atoms with van der Waals surface area (Å²) in [4.78, 5) is 26.1. The van der Waals surface area contributed by atoms with Crippen LogP contribution < -0.4 is 5.32 Å². The van der Waals surface area contributed by atoms with E-state index < -0.39 is 27.2 Å². The lowest BCUT2D eigenvalue weighted by atomic mass is 10.0. The van der Waals surface area contributed by atoms with Crippen molar-refractivity contribution < 1.29 is 22.4 Å².